The smallest absolute Gasteiger partial charge is 0.0346 e. The topological polar surface area (TPSA) is 24.9 Å². The lowest BCUT2D eigenvalue weighted by atomic mass is 9.84. The van der Waals surface area contributed by atoms with Gasteiger partial charge in [0.25, 0.3) is 0 Å². The Balaban J connectivity index is 2.45. The van der Waals surface area contributed by atoms with Gasteiger partial charge in [-0.3, -0.25) is 4.98 Å². The second-order valence-corrected chi connectivity index (χ2v) is 6.05. The van der Waals surface area contributed by atoms with Crippen molar-refractivity contribution >= 4 is 10.8 Å². The first-order valence-corrected chi connectivity index (χ1v) is 6.51. The minimum Gasteiger partial charge on any atom is -0.313 e. The average molecular weight is 242 g/mol. The van der Waals surface area contributed by atoms with Gasteiger partial charge in [-0.1, -0.05) is 39.0 Å². The van der Waals surface area contributed by atoms with E-state index in [2.05, 4.69) is 55.3 Å². The normalized spacial score (nSPS) is 13.8. The van der Waals surface area contributed by atoms with E-state index in [4.69, 9.17) is 0 Å². The molecule has 2 rings (SSSR count). The predicted octanol–water partition coefficient (Wildman–Crippen LogP) is 3.93. The van der Waals surface area contributed by atoms with Crippen molar-refractivity contribution < 1.29 is 0 Å². The summed E-state index contributed by atoms with van der Waals surface area (Å²) in [6, 6.07) is 8.95. The van der Waals surface area contributed by atoms with Crippen LogP contribution >= 0.6 is 0 Å². The van der Waals surface area contributed by atoms with Crippen LogP contribution in [0.5, 0.6) is 0 Å². The van der Waals surface area contributed by atoms with E-state index in [9.17, 15) is 0 Å². The van der Waals surface area contributed by atoms with Gasteiger partial charge < -0.3 is 5.32 Å². The first kappa shape index (κ1) is 13.0. The zero-order chi connectivity index (χ0) is 13.2. The number of pyridine rings is 1. The van der Waals surface area contributed by atoms with Gasteiger partial charge in [-0.2, -0.15) is 0 Å². The summed E-state index contributed by atoms with van der Waals surface area (Å²) >= 11 is 0. The van der Waals surface area contributed by atoms with Crippen molar-refractivity contribution in [3.8, 4) is 0 Å². The summed E-state index contributed by atoms with van der Waals surface area (Å²) in [4.78, 5) is 4.19. The molecule has 18 heavy (non-hydrogen) atoms. The molecule has 0 radical (unpaired) electrons. The van der Waals surface area contributed by atoms with Gasteiger partial charge in [0.2, 0.25) is 0 Å². The van der Waals surface area contributed by atoms with Crippen LogP contribution in [0.4, 0.5) is 0 Å². The molecule has 0 amide bonds. The second kappa shape index (κ2) is 5.07. The molecule has 0 aliphatic heterocycles. The van der Waals surface area contributed by atoms with Gasteiger partial charge >= 0.3 is 0 Å². The van der Waals surface area contributed by atoms with Crippen molar-refractivity contribution in [1.29, 1.82) is 0 Å². The summed E-state index contributed by atoms with van der Waals surface area (Å²) in [5, 5.41) is 5.96. The third kappa shape index (κ3) is 2.88. The van der Waals surface area contributed by atoms with Crippen molar-refractivity contribution in [3.63, 3.8) is 0 Å². The highest BCUT2D eigenvalue weighted by Crippen LogP contribution is 2.32. The van der Waals surface area contributed by atoms with Crippen LogP contribution in [-0.4, -0.2) is 12.0 Å². The molecular weight excluding hydrogens is 220 g/mol. The summed E-state index contributed by atoms with van der Waals surface area (Å²) in [7, 11) is 2.04. The van der Waals surface area contributed by atoms with Crippen LogP contribution in [0.3, 0.4) is 0 Å². The predicted molar refractivity (Wildman–Crippen MR) is 77.6 cm³/mol. The van der Waals surface area contributed by atoms with E-state index >= 15 is 0 Å². The molecule has 2 heteroatoms. The van der Waals surface area contributed by atoms with Gasteiger partial charge in [0.05, 0.1) is 0 Å². The fourth-order valence-electron chi connectivity index (χ4n) is 2.43. The maximum absolute atomic E-state index is 4.19. The Bertz CT molecular complexity index is 521. The van der Waals surface area contributed by atoms with Gasteiger partial charge in [-0.05, 0) is 35.9 Å². The molecule has 0 aliphatic carbocycles. The summed E-state index contributed by atoms with van der Waals surface area (Å²) < 4.78 is 0. The Hall–Kier alpha value is -1.41. The highest BCUT2D eigenvalue weighted by molar-refractivity contribution is 5.85. The quantitative estimate of drug-likeness (QED) is 0.882. The second-order valence-electron chi connectivity index (χ2n) is 6.05. The van der Waals surface area contributed by atoms with E-state index < -0.39 is 0 Å². The van der Waals surface area contributed by atoms with E-state index in [1.165, 1.54) is 16.3 Å². The van der Waals surface area contributed by atoms with E-state index in [0.717, 1.165) is 6.42 Å². The molecule has 0 bridgehead atoms. The molecule has 0 spiro atoms. The minimum atomic E-state index is 0.308. The molecule has 1 aromatic carbocycles. The van der Waals surface area contributed by atoms with Crippen molar-refractivity contribution in [3.05, 3.63) is 42.2 Å². The maximum atomic E-state index is 4.19. The third-order valence-corrected chi connectivity index (χ3v) is 3.25. The largest absolute Gasteiger partial charge is 0.313 e. The fourth-order valence-corrected chi connectivity index (χ4v) is 2.43. The highest BCUT2D eigenvalue weighted by Gasteiger charge is 2.20. The number of benzene rings is 1. The number of rotatable bonds is 3. The van der Waals surface area contributed by atoms with Gasteiger partial charge in [0, 0.05) is 23.8 Å². The molecule has 2 aromatic rings. The molecule has 1 heterocycles. The Morgan fingerprint density at radius 3 is 2.67 bits per heavy atom. The van der Waals surface area contributed by atoms with Crippen LogP contribution < -0.4 is 5.32 Å². The van der Waals surface area contributed by atoms with E-state index in [-0.39, 0.29) is 0 Å². The number of hydrogen-bond acceptors (Lipinski definition) is 2. The summed E-state index contributed by atoms with van der Waals surface area (Å²) in [5.74, 6) is 0. The highest BCUT2D eigenvalue weighted by atomic mass is 14.9. The van der Waals surface area contributed by atoms with Crippen molar-refractivity contribution in [2.24, 2.45) is 5.41 Å². The number of hydrogen-bond donors (Lipinski definition) is 1. The van der Waals surface area contributed by atoms with Crippen LogP contribution in [0.2, 0.25) is 0 Å². The Kier molecular flexibility index (Phi) is 3.67. The third-order valence-electron chi connectivity index (χ3n) is 3.25. The monoisotopic (exact) mass is 242 g/mol. The first-order chi connectivity index (χ1) is 8.51. The van der Waals surface area contributed by atoms with E-state index in [1.807, 2.05) is 19.4 Å². The van der Waals surface area contributed by atoms with Crippen LogP contribution in [0.25, 0.3) is 10.8 Å². The van der Waals surface area contributed by atoms with E-state index in [1.54, 1.807) is 0 Å². The molecule has 0 fully saturated rings. The number of fused-ring (bicyclic) bond motifs is 1. The van der Waals surface area contributed by atoms with Gasteiger partial charge in [0.15, 0.2) is 0 Å². The van der Waals surface area contributed by atoms with Crippen LogP contribution in [0.15, 0.2) is 36.7 Å². The molecule has 0 saturated carbocycles. The molecule has 0 aliphatic rings. The number of aromatic nitrogens is 1. The number of nitrogens with zero attached hydrogens (tertiary/aromatic N) is 1. The maximum Gasteiger partial charge on any atom is 0.0346 e. The Morgan fingerprint density at radius 2 is 2.00 bits per heavy atom. The molecule has 1 aromatic heterocycles. The SMILES string of the molecule is CNC(CC(C)(C)C)c1cccc2cnccc12. The van der Waals surface area contributed by atoms with Gasteiger partial charge in [-0.25, -0.2) is 0 Å². The molecule has 1 unspecified atom stereocenters. The molecule has 1 atom stereocenters. The summed E-state index contributed by atoms with van der Waals surface area (Å²) in [6.07, 6.45) is 4.92. The zero-order valence-electron chi connectivity index (χ0n) is 11.7. The molecule has 2 nitrogen and oxygen atoms in total. The molecular formula is C16H22N2. The molecule has 96 valence electrons. The van der Waals surface area contributed by atoms with Crippen molar-refractivity contribution in [2.45, 2.75) is 33.2 Å². The summed E-state index contributed by atoms with van der Waals surface area (Å²) in [6.45, 7) is 6.85. The fraction of sp³-hybridized carbons (Fsp3) is 0.438. The van der Waals surface area contributed by atoms with Gasteiger partial charge in [-0.15, -0.1) is 0 Å². The minimum absolute atomic E-state index is 0.308. The lowest BCUT2D eigenvalue weighted by Crippen LogP contribution is -2.22. The van der Waals surface area contributed by atoms with Crippen molar-refractivity contribution in [2.75, 3.05) is 7.05 Å². The van der Waals surface area contributed by atoms with E-state index in [0.29, 0.717) is 11.5 Å². The zero-order valence-corrected chi connectivity index (χ0v) is 11.7. The van der Waals surface area contributed by atoms with Gasteiger partial charge in [0.1, 0.15) is 0 Å². The van der Waals surface area contributed by atoms with Crippen LogP contribution in [0.1, 0.15) is 38.8 Å². The standard InChI is InChI=1S/C16H22N2/c1-16(2,3)10-15(17-4)14-7-5-6-12-11-18-9-8-13(12)14/h5-9,11,15,17H,10H2,1-4H3. The Labute approximate surface area is 109 Å². The molecule has 0 saturated heterocycles. The molecule has 1 N–H and O–H groups in total. The van der Waals surface area contributed by atoms with Crippen molar-refractivity contribution in [1.82, 2.24) is 10.3 Å². The number of nitrogens with one attached hydrogen (secondary N) is 1. The first-order valence-electron chi connectivity index (χ1n) is 6.51. The Morgan fingerprint density at radius 1 is 1.22 bits per heavy atom. The van der Waals surface area contributed by atoms with Crippen LogP contribution in [-0.2, 0) is 0 Å². The lowest BCUT2D eigenvalue weighted by molar-refractivity contribution is 0.322. The lowest BCUT2D eigenvalue weighted by Gasteiger charge is -2.27. The van der Waals surface area contributed by atoms with Crippen LogP contribution in [0, 0.1) is 5.41 Å². The average Bonchev–Trinajstić information content (AvgIpc) is 2.34. The summed E-state index contributed by atoms with van der Waals surface area (Å²) in [5.41, 5.74) is 1.68.